The van der Waals surface area contributed by atoms with Gasteiger partial charge in [-0.3, -0.25) is 4.79 Å². The molecule has 1 amide bonds. The Morgan fingerprint density at radius 1 is 1.25 bits per heavy atom. The number of likely N-dealkylation sites (tertiary alicyclic amines) is 1. The maximum atomic E-state index is 13.4. The lowest BCUT2D eigenvalue weighted by atomic mass is 9.46. The first kappa shape index (κ1) is 15.2. The summed E-state index contributed by atoms with van der Waals surface area (Å²) < 4.78 is 0. The number of nitrogens with zero attached hydrogens (tertiary/aromatic N) is 2. The highest BCUT2D eigenvalue weighted by atomic mass is 16.3. The van der Waals surface area contributed by atoms with E-state index in [0.717, 1.165) is 44.9 Å². The minimum Gasteiger partial charge on any atom is -0.390 e. The number of nitriles is 1. The van der Waals surface area contributed by atoms with Gasteiger partial charge in [0, 0.05) is 6.04 Å². The summed E-state index contributed by atoms with van der Waals surface area (Å²) in [5.41, 5.74) is -0.668. The van der Waals surface area contributed by atoms with E-state index in [1.54, 1.807) is 0 Å². The van der Waals surface area contributed by atoms with Crippen LogP contribution in [0.15, 0.2) is 0 Å². The van der Waals surface area contributed by atoms with Crippen LogP contribution in [-0.4, -0.2) is 46.7 Å². The number of aliphatic hydroxyl groups is 1. The van der Waals surface area contributed by atoms with Crippen LogP contribution in [0.4, 0.5) is 0 Å². The van der Waals surface area contributed by atoms with Gasteiger partial charge in [-0.25, -0.2) is 0 Å². The summed E-state index contributed by atoms with van der Waals surface area (Å²) in [6.45, 7) is 0. The molecule has 4 bridgehead atoms. The molecule has 5 saturated carbocycles. The monoisotopic (exact) mass is 329 g/mol. The van der Waals surface area contributed by atoms with E-state index in [1.165, 1.54) is 6.42 Å². The average Bonchev–Trinajstić information content (AvgIpc) is 3.15. The van der Waals surface area contributed by atoms with Crippen molar-refractivity contribution in [1.29, 1.82) is 5.26 Å². The molecule has 0 aromatic rings. The SMILES string of the molecule is CNC(C(=O)N1[C@H](C#N)C[C@@H]2C[C@@H]21)[C@@]12C[C@@H]3C[C@@H](C[C@@](O)(C3)C1)C2. The Hall–Kier alpha value is -1.12. The zero-order valence-electron chi connectivity index (χ0n) is 14.4. The summed E-state index contributed by atoms with van der Waals surface area (Å²) in [5, 5.41) is 23.8. The Morgan fingerprint density at radius 2 is 1.96 bits per heavy atom. The summed E-state index contributed by atoms with van der Waals surface area (Å²) >= 11 is 0. The molecule has 1 heterocycles. The minimum atomic E-state index is -0.554. The van der Waals surface area contributed by atoms with Crippen LogP contribution in [0.25, 0.3) is 0 Å². The average molecular weight is 329 g/mol. The fourth-order valence-electron chi connectivity index (χ4n) is 7.35. The van der Waals surface area contributed by atoms with Gasteiger partial charge < -0.3 is 15.3 Å². The van der Waals surface area contributed by atoms with Crippen molar-refractivity contribution in [3.05, 3.63) is 0 Å². The molecule has 6 fully saturated rings. The second-order valence-corrected chi connectivity index (χ2v) is 9.46. The van der Waals surface area contributed by atoms with Crippen LogP contribution in [0.3, 0.4) is 0 Å². The second-order valence-electron chi connectivity index (χ2n) is 9.46. The number of amides is 1. The van der Waals surface area contributed by atoms with E-state index in [0.29, 0.717) is 23.8 Å². The molecule has 6 aliphatic rings. The smallest absolute Gasteiger partial charge is 0.241 e. The molecule has 0 aromatic carbocycles. The first-order valence-electron chi connectivity index (χ1n) is 9.58. The van der Waals surface area contributed by atoms with Crippen LogP contribution >= 0.6 is 0 Å². The number of rotatable bonds is 3. The van der Waals surface area contributed by atoms with Crippen LogP contribution in [0.2, 0.25) is 0 Å². The van der Waals surface area contributed by atoms with Gasteiger partial charge in [-0.05, 0) is 81.6 Å². The van der Waals surface area contributed by atoms with Gasteiger partial charge in [0.05, 0.1) is 17.7 Å². The van der Waals surface area contributed by atoms with Crippen molar-refractivity contribution in [2.45, 2.75) is 75.1 Å². The molecule has 1 aliphatic heterocycles. The van der Waals surface area contributed by atoms with Crippen molar-refractivity contribution in [1.82, 2.24) is 10.2 Å². The van der Waals surface area contributed by atoms with Gasteiger partial charge in [0.15, 0.2) is 0 Å². The molecule has 2 N–H and O–H groups in total. The van der Waals surface area contributed by atoms with E-state index in [4.69, 9.17) is 0 Å². The van der Waals surface area contributed by atoms with E-state index in [1.807, 2.05) is 11.9 Å². The van der Waals surface area contributed by atoms with Crippen molar-refractivity contribution < 1.29 is 9.90 Å². The van der Waals surface area contributed by atoms with Gasteiger partial charge in [0.1, 0.15) is 6.04 Å². The molecule has 5 heteroatoms. The lowest BCUT2D eigenvalue weighted by Crippen LogP contribution is -2.65. The molecule has 6 rings (SSSR count). The first-order valence-corrected chi connectivity index (χ1v) is 9.58. The Labute approximate surface area is 143 Å². The summed E-state index contributed by atoms with van der Waals surface area (Å²) in [7, 11) is 1.88. The third-order valence-electron chi connectivity index (χ3n) is 7.73. The van der Waals surface area contributed by atoms with Gasteiger partial charge in [0.25, 0.3) is 0 Å². The molecule has 0 spiro atoms. The fraction of sp³-hybridized carbons (Fsp3) is 0.895. The normalized spacial score (nSPS) is 52.0. The highest BCUT2D eigenvalue weighted by molar-refractivity contribution is 5.85. The lowest BCUT2D eigenvalue weighted by Gasteiger charge is -2.62. The Bertz CT molecular complexity index is 613. The summed E-state index contributed by atoms with van der Waals surface area (Å²) in [5.74, 6) is 1.81. The standard InChI is InChI=1S/C19H27N3O2/c1-21-16(17(23)22-14(9-20)3-13-4-15(13)22)18-5-11-2-12(6-18)8-19(24,7-11)10-18/h11-16,21,24H,2-8,10H2,1H3/t11-,12+,13-,14+,15+,16?,18+,19-/m1/s1. The number of piperidine rings is 1. The van der Waals surface area contributed by atoms with Gasteiger partial charge in [-0.1, -0.05) is 0 Å². The molecular weight excluding hydrogens is 302 g/mol. The fourth-order valence-corrected chi connectivity index (χ4v) is 7.35. The molecule has 8 atom stereocenters. The zero-order chi connectivity index (χ0) is 16.7. The van der Waals surface area contributed by atoms with Gasteiger partial charge in [-0.2, -0.15) is 5.26 Å². The van der Waals surface area contributed by atoms with Crippen molar-refractivity contribution in [3.8, 4) is 6.07 Å². The number of carbonyl (C=O) groups excluding carboxylic acids is 1. The van der Waals surface area contributed by atoms with E-state index in [2.05, 4.69) is 11.4 Å². The number of nitrogens with one attached hydrogen (secondary N) is 1. The molecule has 5 nitrogen and oxygen atoms in total. The lowest BCUT2D eigenvalue weighted by molar-refractivity contribution is -0.180. The molecule has 1 saturated heterocycles. The van der Waals surface area contributed by atoms with Crippen LogP contribution in [-0.2, 0) is 4.79 Å². The maximum Gasteiger partial charge on any atom is 0.241 e. The van der Waals surface area contributed by atoms with E-state index in [-0.39, 0.29) is 23.4 Å². The van der Waals surface area contributed by atoms with Crippen molar-refractivity contribution in [2.75, 3.05) is 7.05 Å². The molecule has 130 valence electrons. The first-order chi connectivity index (χ1) is 11.5. The molecule has 5 aliphatic carbocycles. The topological polar surface area (TPSA) is 76.4 Å². The third-order valence-corrected chi connectivity index (χ3v) is 7.73. The van der Waals surface area contributed by atoms with E-state index < -0.39 is 5.60 Å². The second kappa shape index (κ2) is 4.74. The van der Waals surface area contributed by atoms with Gasteiger partial charge >= 0.3 is 0 Å². The highest BCUT2D eigenvalue weighted by Crippen LogP contribution is 2.63. The number of hydrogen-bond acceptors (Lipinski definition) is 4. The zero-order valence-corrected chi connectivity index (χ0v) is 14.4. The third kappa shape index (κ3) is 1.96. The Balaban J connectivity index is 1.46. The number of likely N-dealkylation sites (N-methyl/N-ethyl adjacent to an activating group) is 1. The predicted molar refractivity (Wildman–Crippen MR) is 87.7 cm³/mol. The quantitative estimate of drug-likeness (QED) is 0.821. The van der Waals surface area contributed by atoms with Crippen molar-refractivity contribution in [3.63, 3.8) is 0 Å². The van der Waals surface area contributed by atoms with Crippen LogP contribution < -0.4 is 5.32 Å². The summed E-state index contributed by atoms with van der Waals surface area (Å²) in [6.07, 6.45) is 7.86. The molecule has 1 unspecified atom stereocenters. The summed E-state index contributed by atoms with van der Waals surface area (Å²) in [4.78, 5) is 15.3. The number of fused-ring (bicyclic) bond motifs is 1. The highest BCUT2D eigenvalue weighted by Gasteiger charge is 2.63. The van der Waals surface area contributed by atoms with E-state index >= 15 is 0 Å². The molecule has 0 aromatic heterocycles. The van der Waals surface area contributed by atoms with Crippen LogP contribution in [0.5, 0.6) is 0 Å². The maximum absolute atomic E-state index is 13.4. The largest absolute Gasteiger partial charge is 0.390 e. The van der Waals surface area contributed by atoms with Crippen LogP contribution in [0, 0.1) is 34.5 Å². The number of hydrogen-bond donors (Lipinski definition) is 2. The molecule has 0 radical (unpaired) electrons. The van der Waals surface area contributed by atoms with E-state index in [9.17, 15) is 15.2 Å². The van der Waals surface area contributed by atoms with Crippen molar-refractivity contribution >= 4 is 5.91 Å². The van der Waals surface area contributed by atoms with Gasteiger partial charge in [0.2, 0.25) is 5.91 Å². The predicted octanol–water partition coefficient (Wildman–Crippen LogP) is 1.42. The Kier molecular flexibility index (Phi) is 2.99. The Morgan fingerprint density at radius 3 is 2.54 bits per heavy atom. The molecule has 24 heavy (non-hydrogen) atoms. The number of carbonyl (C=O) groups is 1. The summed E-state index contributed by atoms with van der Waals surface area (Å²) in [6, 6.07) is 2.16. The van der Waals surface area contributed by atoms with Crippen LogP contribution in [0.1, 0.15) is 51.4 Å². The van der Waals surface area contributed by atoms with Crippen molar-refractivity contribution in [2.24, 2.45) is 23.2 Å². The molecular formula is C19H27N3O2. The minimum absolute atomic E-state index is 0.113. The van der Waals surface area contributed by atoms with Gasteiger partial charge in [-0.15, -0.1) is 0 Å².